The van der Waals surface area contributed by atoms with Crippen molar-refractivity contribution in [1.29, 1.82) is 0 Å². The third-order valence-corrected chi connectivity index (χ3v) is 4.78. The summed E-state index contributed by atoms with van der Waals surface area (Å²) in [5, 5.41) is 11.1. The fraction of sp³-hybridized carbons (Fsp3) is 0.0435. The summed E-state index contributed by atoms with van der Waals surface area (Å²) in [5.74, 6) is 0.274. The van der Waals surface area contributed by atoms with E-state index in [1.54, 1.807) is 25.3 Å². The average molecular weight is 406 g/mol. The number of aromatic carboxylic acids is 1. The molecule has 0 aliphatic carbocycles. The van der Waals surface area contributed by atoms with Crippen LogP contribution in [-0.4, -0.2) is 18.2 Å². The number of methoxy groups -OCH3 is 1. The molecule has 144 valence electrons. The van der Waals surface area contributed by atoms with Gasteiger partial charge < -0.3 is 14.3 Å². The molecule has 4 rings (SSSR count). The van der Waals surface area contributed by atoms with Crippen molar-refractivity contribution in [2.24, 2.45) is 4.99 Å². The Kier molecular flexibility index (Phi) is 5.06. The standard InChI is InChI=1S/C23H16ClNO4/c1-28-16-10-11-21-18(12-16)20(25-15-8-6-14(7-9-15)23(26)27)13-22(29-21)17-4-2-3-5-19(17)24/h2-13H,1H3,(H,26,27). The molecule has 0 fully saturated rings. The molecular weight excluding hydrogens is 390 g/mol. The maximum Gasteiger partial charge on any atom is 0.335 e. The molecule has 3 aromatic carbocycles. The van der Waals surface area contributed by atoms with Crippen LogP contribution in [0.15, 0.2) is 82.2 Å². The Bertz CT molecular complexity index is 1280. The van der Waals surface area contributed by atoms with Gasteiger partial charge in [0.25, 0.3) is 0 Å². The fourth-order valence-corrected chi connectivity index (χ4v) is 3.21. The number of halogens is 1. The first-order valence-electron chi connectivity index (χ1n) is 8.80. The molecule has 0 spiro atoms. The van der Waals surface area contributed by atoms with Crippen molar-refractivity contribution in [2.45, 2.75) is 0 Å². The van der Waals surface area contributed by atoms with Crippen LogP contribution in [0.4, 0.5) is 5.69 Å². The van der Waals surface area contributed by atoms with E-state index in [1.807, 2.05) is 42.5 Å². The zero-order valence-electron chi connectivity index (χ0n) is 15.4. The van der Waals surface area contributed by atoms with Crippen molar-refractivity contribution >= 4 is 34.2 Å². The van der Waals surface area contributed by atoms with Gasteiger partial charge in [-0.25, -0.2) is 9.79 Å². The monoisotopic (exact) mass is 405 g/mol. The lowest BCUT2D eigenvalue weighted by molar-refractivity contribution is 0.0697. The van der Waals surface area contributed by atoms with Gasteiger partial charge in [0, 0.05) is 17.0 Å². The normalized spacial score (nSPS) is 11.6. The summed E-state index contributed by atoms with van der Waals surface area (Å²) in [7, 11) is 1.60. The second-order valence-corrected chi connectivity index (χ2v) is 6.71. The van der Waals surface area contributed by atoms with E-state index in [1.165, 1.54) is 12.1 Å². The Balaban J connectivity index is 1.96. The van der Waals surface area contributed by atoms with Crippen LogP contribution in [-0.2, 0) is 0 Å². The van der Waals surface area contributed by atoms with Crippen molar-refractivity contribution < 1.29 is 19.1 Å². The highest BCUT2D eigenvalue weighted by molar-refractivity contribution is 6.33. The number of hydrogen-bond acceptors (Lipinski definition) is 4. The quantitative estimate of drug-likeness (QED) is 0.473. The maximum absolute atomic E-state index is 11.1. The summed E-state index contributed by atoms with van der Waals surface area (Å²) in [4.78, 5) is 15.8. The topological polar surface area (TPSA) is 72.0 Å². The van der Waals surface area contributed by atoms with E-state index in [2.05, 4.69) is 0 Å². The average Bonchev–Trinajstić information content (AvgIpc) is 2.74. The number of ether oxygens (including phenoxy) is 1. The molecule has 0 amide bonds. The summed E-state index contributed by atoms with van der Waals surface area (Å²) in [6, 6.07) is 21.1. The molecule has 0 saturated carbocycles. The van der Waals surface area contributed by atoms with Crippen molar-refractivity contribution in [1.82, 2.24) is 0 Å². The van der Waals surface area contributed by atoms with Crippen LogP contribution in [0.25, 0.3) is 22.3 Å². The second kappa shape index (κ2) is 7.81. The molecule has 0 saturated heterocycles. The lowest BCUT2D eigenvalue weighted by Gasteiger charge is -2.08. The van der Waals surface area contributed by atoms with Crippen LogP contribution < -0.4 is 10.1 Å². The van der Waals surface area contributed by atoms with Crippen LogP contribution in [0.5, 0.6) is 5.75 Å². The van der Waals surface area contributed by atoms with Gasteiger partial charge in [0.05, 0.1) is 28.7 Å². The number of rotatable bonds is 4. The van der Waals surface area contributed by atoms with E-state index < -0.39 is 5.97 Å². The molecule has 1 heterocycles. The van der Waals surface area contributed by atoms with Crippen LogP contribution in [0, 0.1) is 0 Å². The van der Waals surface area contributed by atoms with Gasteiger partial charge in [0.15, 0.2) is 0 Å². The van der Waals surface area contributed by atoms with Gasteiger partial charge in [0.2, 0.25) is 0 Å². The van der Waals surface area contributed by atoms with Gasteiger partial charge >= 0.3 is 5.97 Å². The predicted molar refractivity (Wildman–Crippen MR) is 112 cm³/mol. The van der Waals surface area contributed by atoms with Gasteiger partial charge in [-0.05, 0) is 54.6 Å². The zero-order chi connectivity index (χ0) is 20.4. The highest BCUT2D eigenvalue weighted by atomic mass is 35.5. The Hall–Kier alpha value is -3.57. The van der Waals surface area contributed by atoms with Crippen molar-refractivity contribution in [2.75, 3.05) is 7.11 Å². The number of carbonyl (C=O) groups is 1. The van der Waals surface area contributed by atoms with E-state index >= 15 is 0 Å². The number of carboxylic acids is 1. The summed E-state index contributed by atoms with van der Waals surface area (Å²) in [6.45, 7) is 0. The number of hydrogen-bond donors (Lipinski definition) is 1. The third kappa shape index (κ3) is 3.86. The molecule has 0 bridgehead atoms. The summed E-state index contributed by atoms with van der Waals surface area (Å²) >= 11 is 6.35. The van der Waals surface area contributed by atoms with Gasteiger partial charge in [-0.1, -0.05) is 23.7 Å². The predicted octanol–water partition coefficient (Wildman–Crippen LogP) is 5.69. The molecule has 0 aliphatic rings. The highest BCUT2D eigenvalue weighted by Crippen LogP contribution is 2.30. The van der Waals surface area contributed by atoms with Crippen LogP contribution in [0.2, 0.25) is 5.02 Å². The minimum atomic E-state index is -0.980. The van der Waals surface area contributed by atoms with Crippen LogP contribution in [0.1, 0.15) is 10.4 Å². The molecule has 4 aromatic rings. The first-order valence-corrected chi connectivity index (χ1v) is 9.18. The lowest BCUT2D eigenvalue weighted by Crippen LogP contribution is -2.04. The van der Waals surface area contributed by atoms with E-state index in [9.17, 15) is 4.79 Å². The first-order chi connectivity index (χ1) is 14.0. The van der Waals surface area contributed by atoms with E-state index in [0.29, 0.717) is 33.2 Å². The van der Waals surface area contributed by atoms with Crippen LogP contribution in [0.3, 0.4) is 0 Å². The lowest BCUT2D eigenvalue weighted by atomic mass is 10.1. The zero-order valence-corrected chi connectivity index (χ0v) is 16.2. The van der Waals surface area contributed by atoms with Crippen molar-refractivity contribution in [3.8, 4) is 17.1 Å². The molecule has 0 atom stereocenters. The third-order valence-electron chi connectivity index (χ3n) is 4.45. The van der Waals surface area contributed by atoms with Gasteiger partial charge in [-0.2, -0.15) is 0 Å². The Morgan fingerprint density at radius 3 is 2.48 bits per heavy atom. The Morgan fingerprint density at radius 1 is 1.03 bits per heavy atom. The van der Waals surface area contributed by atoms with E-state index in [-0.39, 0.29) is 5.56 Å². The number of fused-ring (bicyclic) bond motifs is 1. The Morgan fingerprint density at radius 2 is 1.79 bits per heavy atom. The number of benzene rings is 3. The summed E-state index contributed by atoms with van der Waals surface area (Å²) in [6.07, 6.45) is 0. The van der Waals surface area contributed by atoms with Gasteiger partial charge in [-0.15, -0.1) is 0 Å². The van der Waals surface area contributed by atoms with Gasteiger partial charge in [-0.3, -0.25) is 0 Å². The molecule has 0 unspecified atom stereocenters. The van der Waals surface area contributed by atoms with E-state index in [4.69, 9.17) is 30.9 Å². The largest absolute Gasteiger partial charge is 0.497 e. The molecule has 6 heteroatoms. The highest BCUT2D eigenvalue weighted by Gasteiger charge is 2.10. The molecule has 1 N–H and O–H groups in total. The Labute approximate surface area is 171 Å². The van der Waals surface area contributed by atoms with Crippen molar-refractivity contribution in [3.63, 3.8) is 0 Å². The SMILES string of the molecule is COc1ccc2oc(-c3ccccc3Cl)cc(=Nc3ccc(C(=O)O)cc3)c2c1. The molecule has 5 nitrogen and oxygen atoms in total. The molecule has 0 aliphatic heterocycles. The van der Waals surface area contributed by atoms with Crippen LogP contribution >= 0.6 is 11.6 Å². The van der Waals surface area contributed by atoms with Crippen molar-refractivity contribution in [3.05, 3.63) is 88.7 Å². The molecule has 0 radical (unpaired) electrons. The second-order valence-electron chi connectivity index (χ2n) is 6.30. The maximum atomic E-state index is 11.1. The smallest absolute Gasteiger partial charge is 0.335 e. The molecule has 29 heavy (non-hydrogen) atoms. The first kappa shape index (κ1) is 18.8. The van der Waals surface area contributed by atoms with E-state index in [0.717, 1.165) is 10.9 Å². The molecule has 1 aromatic heterocycles. The number of carboxylic acid groups (broad SMARTS) is 1. The number of nitrogens with zero attached hydrogens (tertiary/aromatic N) is 1. The summed E-state index contributed by atoms with van der Waals surface area (Å²) < 4.78 is 11.4. The summed E-state index contributed by atoms with van der Waals surface area (Å²) in [5.41, 5.74) is 2.21. The minimum Gasteiger partial charge on any atom is -0.497 e. The van der Waals surface area contributed by atoms with Gasteiger partial charge in [0.1, 0.15) is 17.1 Å². The fourth-order valence-electron chi connectivity index (χ4n) is 2.98. The molecular formula is C23H16ClNO4. The minimum absolute atomic E-state index is 0.204.